The number of aliphatic carboxylic acids is 1. The van der Waals surface area contributed by atoms with Gasteiger partial charge in [-0.15, -0.1) is 0 Å². The summed E-state index contributed by atoms with van der Waals surface area (Å²) >= 11 is 0. The summed E-state index contributed by atoms with van der Waals surface area (Å²) in [4.78, 5) is 26.4. The molecular formula is C14H17FN2O3. The second kappa shape index (κ2) is 5.90. The molecule has 1 atom stereocenters. The first-order valence-electron chi connectivity index (χ1n) is 6.61. The van der Waals surface area contributed by atoms with Crippen molar-refractivity contribution < 1.29 is 19.1 Å². The zero-order valence-corrected chi connectivity index (χ0v) is 11.3. The first-order chi connectivity index (χ1) is 9.54. The van der Waals surface area contributed by atoms with Crippen molar-refractivity contribution in [2.45, 2.75) is 25.8 Å². The van der Waals surface area contributed by atoms with Gasteiger partial charge in [0, 0.05) is 18.8 Å². The van der Waals surface area contributed by atoms with E-state index < -0.39 is 12.0 Å². The van der Waals surface area contributed by atoms with Crippen LogP contribution in [0, 0.1) is 5.82 Å². The van der Waals surface area contributed by atoms with Gasteiger partial charge in [-0.05, 0) is 44.0 Å². The molecule has 2 amide bonds. The van der Waals surface area contributed by atoms with E-state index in [0.29, 0.717) is 31.6 Å². The van der Waals surface area contributed by atoms with Crippen molar-refractivity contribution in [2.75, 3.05) is 18.0 Å². The van der Waals surface area contributed by atoms with Crippen LogP contribution in [-0.4, -0.2) is 41.1 Å². The van der Waals surface area contributed by atoms with E-state index in [9.17, 15) is 14.0 Å². The minimum atomic E-state index is -0.981. The first kappa shape index (κ1) is 14.3. The molecule has 1 heterocycles. The molecule has 0 spiro atoms. The molecule has 20 heavy (non-hydrogen) atoms. The smallest absolute Gasteiger partial charge is 0.326 e. The van der Waals surface area contributed by atoms with Gasteiger partial charge in [0.05, 0.1) is 0 Å². The molecule has 0 bridgehead atoms. The lowest BCUT2D eigenvalue weighted by Gasteiger charge is -2.29. The molecule has 0 radical (unpaired) electrons. The van der Waals surface area contributed by atoms with Crippen molar-refractivity contribution in [3.8, 4) is 0 Å². The van der Waals surface area contributed by atoms with E-state index in [0.717, 1.165) is 0 Å². The molecule has 1 aromatic carbocycles. The van der Waals surface area contributed by atoms with Crippen molar-refractivity contribution in [1.29, 1.82) is 0 Å². The van der Waals surface area contributed by atoms with Crippen LogP contribution in [0.1, 0.15) is 19.8 Å². The fraction of sp³-hybridized carbons (Fsp3) is 0.429. The van der Waals surface area contributed by atoms with Crippen molar-refractivity contribution >= 4 is 17.7 Å². The van der Waals surface area contributed by atoms with Crippen LogP contribution in [0.4, 0.5) is 14.9 Å². The van der Waals surface area contributed by atoms with Gasteiger partial charge in [0.1, 0.15) is 11.9 Å². The Labute approximate surface area is 116 Å². The standard InChI is InChI=1S/C14H17FN2O3/c1-2-16(11-7-5-10(15)6-8-11)14(20)17-9-3-4-12(17)13(18)19/h5-8,12H,2-4,9H2,1H3,(H,18,19)/t12-/m1/s1. The Morgan fingerprint density at radius 3 is 2.60 bits per heavy atom. The quantitative estimate of drug-likeness (QED) is 0.924. The van der Waals surface area contributed by atoms with E-state index >= 15 is 0 Å². The highest BCUT2D eigenvalue weighted by atomic mass is 19.1. The summed E-state index contributed by atoms with van der Waals surface area (Å²) in [7, 11) is 0. The highest BCUT2D eigenvalue weighted by Gasteiger charge is 2.36. The largest absolute Gasteiger partial charge is 0.480 e. The van der Waals surface area contributed by atoms with Gasteiger partial charge in [0.2, 0.25) is 0 Å². The number of halogens is 1. The number of hydrogen-bond acceptors (Lipinski definition) is 2. The second-order valence-electron chi connectivity index (χ2n) is 4.69. The Hall–Kier alpha value is -2.11. The third-order valence-corrected chi connectivity index (χ3v) is 3.47. The Bertz CT molecular complexity index is 504. The molecule has 108 valence electrons. The number of rotatable bonds is 3. The Kier molecular flexibility index (Phi) is 4.22. The maximum Gasteiger partial charge on any atom is 0.326 e. The third-order valence-electron chi connectivity index (χ3n) is 3.47. The lowest BCUT2D eigenvalue weighted by Crippen LogP contribution is -2.48. The lowest BCUT2D eigenvalue weighted by molar-refractivity contribution is -0.141. The minimum Gasteiger partial charge on any atom is -0.480 e. The molecule has 1 aromatic rings. The number of urea groups is 1. The van der Waals surface area contributed by atoms with Gasteiger partial charge in [-0.2, -0.15) is 0 Å². The predicted molar refractivity (Wildman–Crippen MR) is 72.2 cm³/mol. The molecule has 6 heteroatoms. The van der Waals surface area contributed by atoms with Crippen LogP contribution in [0.2, 0.25) is 0 Å². The van der Waals surface area contributed by atoms with Crippen LogP contribution >= 0.6 is 0 Å². The molecule has 2 rings (SSSR count). The van der Waals surface area contributed by atoms with Gasteiger partial charge in [0.15, 0.2) is 0 Å². The molecule has 1 saturated heterocycles. The maximum atomic E-state index is 12.9. The topological polar surface area (TPSA) is 60.9 Å². The van der Waals surface area contributed by atoms with Crippen LogP contribution < -0.4 is 4.90 Å². The summed E-state index contributed by atoms with van der Waals surface area (Å²) < 4.78 is 12.9. The fourth-order valence-electron chi connectivity index (χ4n) is 2.46. The number of carbonyl (C=O) groups excluding carboxylic acids is 1. The number of carboxylic acid groups (broad SMARTS) is 1. The van der Waals surface area contributed by atoms with Crippen LogP contribution in [0.5, 0.6) is 0 Å². The Morgan fingerprint density at radius 1 is 1.40 bits per heavy atom. The molecule has 1 aliphatic heterocycles. The highest BCUT2D eigenvalue weighted by Crippen LogP contribution is 2.23. The van der Waals surface area contributed by atoms with Gasteiger partial charge >= 0.3 is 12.0 Å². The third kappa shape index (κ3) is 2.74. The monoisotopic (exact) mass is 280 g/mol. The van der Waals surface area contributed by atoms with Crippen molar-refractivity contribution in [3.63, 3.8) is 0 Å². The molecule has 0 aromatic heterocycles. The van der Waals surface area contributed by atoms with E-state index in [4.69, 9.17) is 5.11 Å². The summed E-state index contributed by atoms with van der Waals surface area (Å²) in [5, 5.41) is 9.13. The van der Waals surface area contributed by atoms with Crippen molar-refractivity contribution in [2.24, 2.45) is 0 Å². The number of anilines is 1. The number of carboxylic acids is 1. The number of likely N-dealkylation sites (tertiary alicyclic amines) is 1. The SMILES string of the molecule is CCN(C(=O)N1CCC[C@@H]1C(=O)O)c1ccc(F)cc1. The number of carbonyl (C=O) groups is 2. The van der Waals surface area contributed by atoms with Gasteiger partial charge in [-0.25, -0.2) is 14.0 Å². The zero-order valence-electron chi connectivity index (χ0n) is 11.3. The van der Waals surface area contributed by atoms with Crippen LogP contribution in [-0.2, 0) is 4.79 Å². The van der Waals surface area contributed by atoms with Crippen molar-refractivity contribution in [3.05, 3.63) is 30.1 Å². The Morgan fingerprint density at radius 2 is 2.05 bits per heavy atom. The molecule has 0 unspecified atom stereocenters. The molecule has 1 fully saturated rings. The highest BCUT2D eigenvalue weighted by molar-refractivity contribution is 5.94. The maximum absolute atomic E-state index is 12.9. The number of hydrogen-bond donors (Lipinski definition) is 1. The van der Waals surface area contributed by atoms with Gasteiger partial charge < -0.3 is 10.0 Å². The second-order valence-corrected chi connectivity index (χ2v) is 4.69. The van der Waals surface area contributed by atoms with Gasteiger partial charge in [-0.1, -0.05) is 0 Å². The van der Waals surface area contributed by atoms with Crippen molar-refractivity contribution in [1.82, 2.24) is 4.90 Å². The first-order valence-corrected chi connectivity index (χ1v) is 6.61. The van der Waals surface area contributed by atoms with E-state index in [1.807, 2.05) is 0 Å². The summed E-state index contributed by atoms with van der Waals surface area (Å²) in [5.74, 6) is -1.35. The zero-order chi connectivity index (χ0) is 14.7. The minimum absolute atomic E-state index is 0.344. The molecule has 1 N–H and O–H groups in total. The van der Waals surface area contributed by atoms with Gasteiger partial charge in [0.25, 0.3) is 0 Å². The fourth-order valence-corrected chi connectivity index (χ4v) is 2.46. The van der Waals surface area contributed by atoms with E-state index in [1.54, 1.807) is 6.92 Å². The summed E-state index contributed by atoms with van der Waals surface area (Å²) in [5.41, 5.74) is 0.565. The van der Waals surface area contributed by atoms with E-state index in [-0.39, 0.29) is 11.8 Å². The number of amides is 2. The molecule has 0 saturated carbocycles. The molecule has 1 aliphatic rings. The molecule has 5 nitrogen and oxygen atoms in total. The summed E-state index contributed by atoms with van der Waals surface area (Å²) in [6, 6.07) is 4.49. The van der Waals surface area contributed by atoms with Crippen LogP contribution in [0.3, 0.4) is 0 Å². The van der Waals surface area contributed by atoms with E-state index in [1.165, 1.54) is 34.1 Å². The predicted octanol–water partition coefficient (Wildman–Crippen LogP) is 2.32. The summed E-state index contributed by atoms with van der Waals surface area (Å²) in [6.07, 6.45) is 1.16. The lowest BCUT2D eigenvalue weighted by atomic mass is 10.2. The van der Waals surface area contributed by atoms with Crippen LogP contribution in [0.25, 0.3) is 0 Å². The van der Waals surface area contributed by atoms with Crippen LogP contribution in [0.15, 0.2) is 24.3 Å². The normalized spacial score (nSPS) is 18.1. The van der Waals surface area contributed by atoms with E-state index in [2.05, 4.69) is 0 Å². The summed E-state index contributed by atoms with van der Waals surface area (Å²) in [6.45, 7) is 2.63. The molecular weight excluding hydrogens is 263 g/mol. The van der Waals surface area contributed by atoms with Gasteiger partial charge in [-0.3, -0.25) is 4.90 Å². The average molecular weight is 280 g/mol. The Balaban J connectivity index is 2.21. The number of benzene rings is 1. The number of nitrogens with zero attached hydrogens (tertiary/aromatic N) is 2. The average Bonchev–Trinajstić information content (AvgIpc) is 2.91. The molecule has 0 aliphatic carbocycles.